The first-order valence-electron chi connectivity index (χ1n) is 13.8. The lowest BCUT2D eigenvalue weighted by atomic mass is 10.1. The highest BCUT2D eigenvalue weighted by Crippen LogP contribution is 2.39. The minimum absolute atomic E-state index is 0.0520. The third-order valence-corrected chi connectivity index (χ3v) is 11.4. The molecular formula is C28H42N4O7S3. The van der Waals surface area contributed by atoms with Crippen molar-refractivity contribution in [3.05, 3.63) is 54.1 Å². The number of hydrogen-bond acceptors (Lipinski definition) is 10. The van der Waals surface area contributed by atoms with Crippen molar-refractivity contribution >= 4 is 42.2 Å². The molecule has 5 N–H and O–H groups in total. The van der Waals surface area contributed by atoms with Crippen LogP contribution >= 0.6 is 11.3 Å². The predicted octanol–water partition coefficient (Wildman–Crippen LogP) is 2.66. The summed E-state index contributed by atoms with van der Waals surface area (Å²) in [6.45, 7) is 8.53. The van der Waals surface area contributed by atoms with E-state index < -0.39 is 26.2 Å². The van der Waals surface area contributed by atoms with Gasteiger partial charge in [-0.25, -0.2) is 22.0 Å². The van der Waals surface area contributed by atoms with E-state index in [0.29, 0.717) is 62.2 Å². The number of benzene rings is 2. The van der Waals surface area contributed by atoms with Crippen LogP contribution in [-0.2, 0) is 24.8 Å². The van der Waals surface area contributed by atoms with E-state index in [1.54, 1.807) is 7.11 Å². The van der Waals surface area contributed by atoms with Crippen molar-refractivity contribution in [1.29, 1.82) is 0 Å². The normalized spacial score (nSPS) is 17.5. The Bertz CT molecular complexity index is 1510. The van der Waals surface area contributed by atoms with Gasteiger partial charge in [-0.3, -0.25) is 0 Å². The number of nitrogens with one attached hydrogen (secondary N) is 2. The number of aliphatic hydroxyl groups is 1. The fourth-order valence-corrected chi connectivity index (χ4v) is 8.73. The molecule has 0 saturated heterocycles. The average Bonchev–Trinajstić information content (AvgIpc) is 3.42. The molecule has 11 nitrogen and oxygen atoms in total. The molecule has 14 heteroatoms. The number of aliphatic hydroxyl groups excluding tert-OH is 1. The molecule has 234 valence electrons. The lowest BCUT2D eigenvalue weighted by Crippen LogP contribution is -2.43. The van der Waals surface area contributed by atoms with Crippen molar-refractivity contribution < 1.29 is 31.4 Å². The molecule has 1 aliphatic rings. The summed E-state index contributed by atoms with van der Waals surface area (Å²) in [6.07, 6.45) is 0.0681. The van der Waals surface area contributed by atoms with E-state index in [9.17, 15) is 21.9 Å². The number of ether oxygens (including phenoxy) is 2. The van der Waals surface area contributed by atoms with Gasteiger partial charge >= 0.3 is 0 Å². The zero-order chi connectivity index (χ0) is 30.9. The zero-order valence-corrected chi connectivity index (χ0v) is 26.9. The van der Waals surface area contributed by atoms with E-state index in [4.69, 9.17) is 14.6 Å². The van der Waals surface area contributed by atoms with Crippen LogP contribution in [0.2, 0.25) is 0 Å². The largest absolute Gasteiger partial charge is 0.490 e. The van der Waals surface area contributed by atoms with Crippen LogP contribution in [0.25, 0.3) is 10.8 Å². The highest BCUT2D eigenvalue weighted by atomic mass is 32.3. The Morgan fingerprint density at radius 3 is 2.57 bits per heavy atom. The van der Waals surface area contributed by atoms with Crippen LogP contribution in [0.15, 0.2) is 56.9 Å². The molecule has 42 heavy (non-hydrogen) atoms. The molecule has 0 bridgehead atoms. The maximum Gasteiger partial charge on any atom is 0.252 e. The maximum atomic E-state index is 12.7. The number of nitrogens with zero attached hydrogens (tertiary/aromatic N) is 1. The second-order valence-electron chi connectivity index (χ2n) is 10.2. The molecule has 0 spiro atoms. The standard InChI is InChI=1S/C16H21NO2.C12H21N3O5S3/c1-12(2)17-10-14(18)11-19-16-9-5-7-13-6-3-4-8-15(13)16;1-3-14-10-8-15(5-4-6-20-2)23(18,19)12-9(10)7-11(21-12)22(13,16)17/h3-9,12,14,17-18H,10-11H2,1-2H3;7,10,14H,3-6,8H2,1-2H3,(H2,13,16,17)/t;10-/m.0/s1. The van der Waals surface area contributed by atoms with Crippen LogP contribution < -0.4 is 20.5 Å². The topological polar surface area (TPSA) is 160 Å². The number of nitrogens with two attached hydrogens (primary N) is 1. The molecule has 0 aliphatic carbocycles. The lowest BCUT2D eigenvalue weighted by molar-refractivity contribution is 0.105. The smallest absolute Gasteiger partial charge is 0.252 e. The second-order valence-corrected chi connectivity index (χ2v) is 15.2. The molecule has 2 aromatic carbocycles. The van der Waals surface area contributed by atoms with Crippen LogP contribution in [0, 0.1) is 0 Å². The fraction of sp³-hybridized carbons (Fsp3) is 0.500. The first-order valence-corrected chi connectivity index (χ1v) is 17.6. The van der Waals surface area contributed by atoms with E-state index in [-0.39, 0.29) is 21.0 Å². The number of likely N-dealkylation sites (N-methyl/N-ethyl adjacent to an activating group) is 1. The van der Waals surface area contributed by atoms with Gasteiger partial charge in [0, 0.05) is 56.4 Å². The Morgan fingerprint density at radius 1 is 1.19 bits per heavy atom. The molecule has 4 rings (SSSR count). The van der Waals surface area contributed by atoms with Crippen LogP contribution in [0.1, 0.15) is 38.8 Å². The highest BCUT2D eigenvalue weighted by Gasteiger charge is 2.39. The van der Waals surface area contributed by atoms with Gasteiger partial charge in [-0.2, -0.15) is 4.31 Å². The van der Waals surface area contributed by atoms with Crippen molar-refractivity contribution in [1.82, 2.24) is 14.9 Å². The summed E-state index contributed by atoms with van der Waals surface area (Å²) in [6, 6.07) is 15.5. The van der Waals surface area contributed by atoms with E-state index in [1.165, 1.54) is 10.4 Å². The van der Waals surface area contributed by atoms with Gasteiger partial charge in [0.25, 0.3) is 10.0 Å². The van der Waals surface area contributed by atoms with Gasteiger partial charge < -0.3 is 25.2 Å². The first kappa shape index (κ1) is 34.4. The Balaban J connectivity index is 0.000000235. The molecule has 1 aromatic heterocycles. The van der Waals surface area contributed by atoms with E-state index in [1.807, 2.05) is 37.3 Å². The lowest BCUT2D eigenvalue weighted by Gasteiger charge is -2.32. The van der Waals surface area contributed by atoms with Gasteiger partial charge in [0.2, 0.25) is 10.0 Å². The van der Waals surface area contributed by atoms with Crippen molar-refractivity contribution in [3.63, 3.8) is 0 Å². The summed E-state index contributed by atoms with van der Waals surface area (Å²) in [5.41, 5.74) is 0.476. The Morgan fingerprint density at radius 2 is 1.90 bits per heavy atom. The molecule has 0 saturated carbocycles. The second kappa shape index (κ2) is 15.5. The number of fused-ring (bicyclic) bond motifs is 2. The van der Waals surface area contributed by atoms with E-state index in [2.05, 4.69) is 36.6 Å². The molecule has 2 heterocycles. The Labute approximate surface area is 253 Å². The predicted molar refractivity (Wildman–Crippen MR) is 166 cm³/mol. The molecule has 3 aromatic rings. The summed E-state index contributed by atoms with van der Waals surface area (Å²) in [7, 11) is -6.10. The van der Waals surface area contributed by atoms with Crippen molar-refractivity contribution in [2.75, 3.05) is 46.5 Å². The third-order valence-electron chi connectivity index (χ3n) is 6.47. The number of thiophene rings is 1. The third kappa shape index (κ3) is 9.18. The summed E-state index contributed by atoms with van der Waals surface area (Å²) < 4.78 is 60.5. The summed E-state index contributed by atoms with van der Waals surface area (Å²) in [5, 5.41) is 23.6. The number of sulfonamides is 2. The molecule has 0 fully saturated rings. The van der Waals surface area contributed by atoms with Crippen LogP contribution in [0.5, 0.6) is 5.75 Å². The summed E-state index contributed by atoms with van der Waals surface area (Å²) >= 11 is 0.708. The molecular weight excluding hydrogens is 601 g/mol. The van der Waals surface area contributed by atoms with Crippen molar-refractivity contribution in [3.8, 4) is 5.75 Å². The number of hydrogen-bond donors (Lipinski definition) is 4. The quantitative estimate of drug-likeness (QED) is 0.206. The molecule has 1 aliphatic heterocycles. The highest BCUT2D eigenvalue weighted by molar-refractivity contribution is 7.94. The van der Waals surface area contributed by atoms with Gasteiger partial charge in [-0.15, -0.1) is 11.3 Å². The summed E-state index contributed by atoms with van der Waals surface area (Å²) in [5.74, 6) is 0.821. The van der Waals surface area contributed by atoms with Crippen LogP contribution in [-0.4, -0.2) is 84.9 Å². The minimum Gasteiger partial charge on any atom is -0.490 e. The van der Waals surface area contributed by atoms with Crippen molar-refractivity contribution in [2.24, 2.45) is 5.14 Å². The number of methoxy groups -OCH3 is 1. The monoisotopic (exact) mass is 642 g/mol. The minimum atomic E-state index is -3.94. The number of rotatable bonds is 13. The van der Waals surface area contributed by atoms with Gasteiger partial charge in [-0.05, 0) is 30.5 Å². The fourth-order valence-electron chi connectivity index (χ4n) is 4.42. The average molecular weight is 643 g/mol. The number of primary sulfonamides is 1. The van der Waals surface area contributed by atoms with Crippen LogP contribution in [0.4, 0.5) is 0 Å². The molecule has 0 amide bonds. The Kier molecular flexibility index (Phi) is 12.7. The molecule has 0 radical (unpaired) electrons. The molecule has 1 unspecified atom stereocenters. The zero-order valence-electron chi connectivity index (χ0n) is 24.4. The van der Waals surface area contributed by atoms with Gasteiger partial charge in [0.1, 0.15) is 26.9 Å². The van der Waals surface area contributed by atoms with Crippen molar-refractivity contribution in [2.45, 2.75) is 53.8 Å². The van der Waals surface area contributed by atoms with Gasteiger partial charge in [0.15, 0.2) is 0 Å². The van der Waals surface area contributed by atoms with E-state index >= 15 is 0 Å². The van der Waals surface area contributed by atoms with E-state index in [0.717, 1.165) is 16.5 Å². The molecule has 2 atom stereocenters. The first-order chi connectivity index (χ1) is 19.9. The van der Waals surface area contributed by atoms with Gasteiger partial charge in [-0.1, -0.05) is 57.2 Å². The maximum absolute atomic E-state index is 12.7. The van der Waals surface area contributed by atoms with Gasteiger partial charge in [0.05, 0.1) is 0 Å². The Hall–Kier alpha value is -2.14. The summed E-state index contributed by atoms with van der Waals surface area (Å²) in [4.78, 5) is 0. The SMILES string of the molecule is CC(C)NCC(O)COc1cccc2ccccc12.CCN[C@H]1CN(CCCOC)S(=O)(=O)c2sc(S(N)(=O)=O)cc21. The van der Waals surface area contributed by atoms with Crippen LogP contribution in [0.3, 0.4) is 0 Å².